The first-order chi connectivity index (χ1) is 18.0. The molecule has 0 radical (unpaired) electrons. The third kappa shape index (κ3) is 14.1. The van der Waals surface area contributed by atoms with Gasteiger partial charge in [-0.15, -0.1) is 0 Å². The average Bonchev–Trinajstić information content (AvgIpc) is 3.18. The fourth-order valence-corrected chi connectivity index (χ4v) is 4.69. The van der Waals surface area contributed by atoms with Crippen molar-refractivity contribution in [1.29, 1.82) is 0 Å². The Hall–Kier alpha value is -2.17. The molecule has 0 spiro atoms. The van der Waals surface area contributed by atoms with Gasteiger partial charge >= 0.3 is 11.9 Å². The van der Waals surface area contributed by atoms with Crippen LogP contribution in [0.15, 0.2) is 34.9 Å². The van der Waals surface area contributed by atoms with Gasteiger partial charge in [0, 0.05) is 12.3 Å². The highest BCUT2D eigenvalue weighted by Gasteiger charge is 2.39. The molecule has 38 heavy (non-hydrogen) atoms. The summed E-state index contributed by atoms with van der Waals surface area (Å²) in [5.74, 6) is -1.63. The number of rotatable bonds is 19. The minimum Gasteiger partial charge on any atom is -0.465 e. The normalized spacial score (nSPS) is 17.3. The van der Waals surface area contributed by atoms with Gasteiger partial charge in [-0.25, -0.2) is 0 Å². The van der Waals surface area contributed by atoms with E-state index in [2.05, 4.69) is 60.6 Å². The van der Waals surface area contributed by atoms with Crippen LogP contribution in [-0.4, -0.2) is 30.9 Å². The largest absolute Gasteiger partial charge is 0.465 e. The maximum atomic E-state index is 13.1. The van der Waals surface area contributed by atoms with Crippen LogP contribution in [0.25, 0.3) is 0 Å². The van der Waals surface area contributed by atoms with Gasteiger partial charge in [-0.1, -0.05) is 69.4 Å². The summed E-state index contributed by atoms with van der Waals surface area (Å²) in [4.78, 5) is 38.9. The Morgan fingerprint density at radius 2 is 1.37 bits per heavy atom. The van der Waals surface area contributed by atoms with E-state index < -0.39 is 17.9 Å². The molecular weight excluding hydrogens is 476 g/mol. The van der Waals surface area contributed by atoms with Crippen LogP contribution >= 0.6 is 0 Å². The number of unbranched alkanes of at least 4 members (excludes halogenated alkanes) is 2. The summed E-state index contributed by atoms with van der Waals surface area (Å²) >= 11 is 0. The van der Waals surface area contributed by atoms with Crippen molar-refractivity contribution in [2.45, 2.75) is 119 Å². The predicted octanol–water partition coefficient (Wildman–Crippen LogP) is 8.33. The second-order valence-corrected chi connectivity index (χ2v) is 11.8. The van der Waals surface area contributed by atoms with E-state index >= 15 is 0 Å². The van der Waals surface area contributed by atoms with Crippen LogP contribution in [0.4, 0.5) is 0 Å². The number of allylic oxidation sites excluding steroid dienone is 5. The van der Waals surface area contributed by atoms with Crippen molar-refractivity contribution in [3.8, 4) is 0 Å². The maximum absolute atomic E-state index is 13.1. The van der Waals surface area contributed by atoms with Gasteiger partial charge in [0.15, 0.2) is 5.92 Å². The quantitative estimate of drug-likeness (QED) is 0.0726. The molecule has 0 aromatic heterocycles. The summed E-state index contributed by atoms with van der Waals surface area (Å²) in [6.07, 6.45) is 15.8. The average molecular weight is 531 g/mol. The molecule has 0 aromatic rings. The maximum Gasteiger partial charge on any atom is 0.324 e. The van der Waals surface area contributed by atoms with Crippen LogP contribution in [0.1, 0.15) is 119 Å². The molecule has 0 N–H and O–H groups in total. The smallest absolute Gasteiger partial charge is 0.324 e. The summed E-state index contributed by atoms with van der Waals surface area (Å²) in [6, 6.07) is 0. The van der Waals surface area contributed by atoms with Crippen LogP contribution in [0.2, 0.25) is 0 Å². The van der Waals surface area contributed by atoms with Gasteiger partial charge in [-0.2, -0.15) is 0 Å². The Bertz CT molecular complexity index is 780. The molecule has 5 nitrogen and oxygen atoms in total. The molecule has 0 fully saturated rings. The molecule has 0 aliphatic heterocycles. The van der Waals surface area contributed by atoms with E-state index in [4.69, 9.17) is 9.47 Å². The minimum absolute atomic E-state index is 0.0856. The molecule has 216 valence electrons. The fourth-order valence-electron chi connectivity index (χ4n) is 4.69. The molecule has 1 aliphatic rings. The van der Waals surface area contributed by atoms with E-state index in [9.17, 15) is 14.4 Å². The topological polar surface area (TPSA) is 69.7 Å². The summed E-state index contributed by atoms with van der Waals surface area (Å²) in [5.41, 5.74) is 3.17. The van der Waals surface area contributed by atoms with Crippen molar-refractivity contribution in [2.24, 2.45) is 23.7 Å². The number of carbonyl (C=O) groups excluding carboxylic acids is 3. The molecule has 1 aliphatic carbocycles. The third-order valence-electron chi connectivity index (χ3n) is 7.30. The van der Waals surface area contributed by atoms with Crippen LogP contribution < -0.4 is 0 Å². The number of ether oxygens (including phenoxy) is 2. The zero-order valence-electron chi connectivity index (χ0n) is 25.3. The van der Waals surface area contributed by atoms with Crippen LogP contribution in [0, 0.1) is 23.7 Å². The van der Waals surface area contributed by atoms with E-state index in [1.54, 1.807) is 0 Å². The van der Waals surface area contributed by atoms with Gasteiger partial charge in [-0.05, 0) is 90.0 Å². The SMILES string of the molecule is CCCCCC1C=C(C(C(=O)OCCC(C)CCC=C(C)C)C(=O)OCCC(C)CCC=C(C)C)CC1=O. The Morgan fingerprint density at radius 3 is 1.82 bits per heavy atom. The molecule has 0 aromatic carbocycles. The molecule has 0 heterocycles. The molecular formula is C33H54O5. The molecule has 0 saturated carbocycles. The molecule has 0 saturated heterocycles. The molecule has 5 heteroatoms. The van der Waals surface area contributed by atoms with Crippen molar-refractivity contribution in [3.63, 3.8) is 0 Å². The number of esters is 2. The van der Waals surface area contributed by atoms with Gasteiger partial charge in [0.1, 0.15) is 5.78 Å². The van der Waals surface area contributed by atoms with Crippen LogP contribution in [0.3, 0.4) is 0 Å². The second-order valence-electron chi connectivity index (χ2n) is 11.8. The van der Waals surface area contributed by atoms with E-state index in [1.165, 1.54) is 11.1 Å². The minimum atomic E-state index is -1.14. The zero-order valence-corrected chi connectivity index (χ0v) is 25.3. The lowest BCUT2D eigenvalue weighted by Gasteiger charge is -2.18. The van der Waals surface area contributed by atoms with Crippen molar-refractivity contribution >= 4 is 17.7 Å². The molecule has 0 amide bonds. The summed E-state index contributed by atoms with van der Waals surface area (Å²) in [5, 5.41) is 0. The first-order valence-electron chi connectivity index (χ1n) is 14.9. The second kappa shape index (κ2) is 19.0. The number of Topliss-reactive ketones (excluding diaryl/α,β-unsaturated/α-hetero) is 1. The Kier molecular flexibility index (Phi) is 16.9. The zero-order chi connectivity index (χ0) is 28.5. The molecule has 3 unspecified atom stereocenters. The standard InChI is InChI=1S/C33H54O5/c1-8-9-10-17-28-22-29(23-30(28)34)31(32(35)37-20-18-26(6)15-11-13-24(2)3)33(36)38-21-19-27(7)16-12-14-25(4)5/h13-14,22,26-28,31H,8-12,15-21,23H2,1-7H3. The summed E-state index contributed by atoms with van der Waals surface area (Å²) in [7, 11) is 0. The molecule has 1 rings (SSSR count). The predicted molar refractivity (Wildman–Crippen MR) is 156 cm³/mol. The highest BCUT2D eigenvalue weighted by atomic mass is 16.6. The van der Waals surface area contributed by atoms with Crippen molar-refractivity contribution in [1.82, 2.24) is 0 Å². The van der Waals surface area contributed by atoms with Crippen molar-refractivity contribution in [3.05, 3.63) is 34.9 Å². The van der Waals surface area contributed by atoms with Crippen LogP contribution in [0.5, 0.6) is 0 Å². The number of hydrogen-bond acceptors (Lipinski definition) is 5. The first-order valence-corrected chi connectivity index (χ1v) is 14.9. The lowest BCUT2D eigenvalue weighted by atomic mass is 9.98. The van der Waals surface area contributed by atoms with E-state index in [1.807, 2.05) is 6.08 Å². The number of ketones is 1. The highest BCUT2D eigenvalue weighted by molar-refractivity contribution is 6.01. The lowest BCUT2D eigenvalue weighted by Crippen LogP contribution is -2.30. The Morgan fingerprint density at radius 1 is 0.868 bits per heavy atom. The van der Waals surface area contributed by atoms with Crippen molar-refractivity contribution in [2.75, 3.05) is 13.2 Å². The molecule has 3 atom stereocenters. The summed E-state index contributed by atoms with van der Waals surface area (Å²) < 4.78 is 11.2. The van der Waals surface area contributed by atoms with E-state index in [0.717, 1.165) is 64.2 Å². The monoisotopic (exact) mass is 530 g/mol. The highest BCUT2D eigenvalue weighted by Crippen LogP contribution is 2.32. The van der Waals surface area contributed by atoms with Gasteiger partial charge in [0.05, 0.1) is 13.2 Å². The van der Waals surface area contributed by atoms with Gasteiger partial charge in [-0.3, -0.25) is 14.4 Å². The lowest BCUT2D eigenvalue weighted by molar-refractivity contribution is -0.160. The summed E-state index contributed by atoms with van der Waals surface area (Å²) in [6.45, 7) is 15.3. The van der Waals surface area contributed by atoms with E-state index in [0.29, 0.717) is 17.4 Å². The number of carbonyl (C=O) groups is 3. The van der Waals surface area contributed by atoms with Gasteiger partial charge < -0.3 is 9.47 Å². The molecule has 0 bridgehead atoms. The third-order valence-corrected chi connectivity index (χ3v) is 7.30. The van der Waals surface area contributed by atoms with Crippen molar-refractivity contribution < 1.29 is 23.9 Å². The van der Waals surface area contributed by atoms with Gasteiger partial charge in [0.2, 0.25) is 0 Å². The van der Waals surface area contributed by atoms with Crippen LogP contribution in [-0.2, 0) is 23.9 Å². The number of hydrogen-bond donors (Lipinski definition) is 0. The van der Waals surface area contributed by atoms with E-state index in [-0.39, 0.29) is 31.3 Å². The Balaban J connectivity index is 2.77. The van der Waals surface area contributed by atoms with Gasteiger partial charge in [0.25, 0.3) is 0 Å². The Labute approximate surface area is 232 Å². The first kappa shape index (κ1) is 33.9. The fraction of sp³-hybridized carbons (Fsp3) is 0.727.